The second-order valence-electron chi connectivity index (χ2n) is 7.54. The van der Waals surface area contributed by atoms with Crippen LogP contribution in [0, 0.1) is 0 Å². The fourth-order valence-corrected chi connectivity index (χ4v) is 4.18. The van der Waals surface area contributed by atoms with Crippen LogP contribution in [0.25, 0.3) is 10.9 Å². The van der Waals surface area contributed by atoms with Crippen molar-refractivity contribution in [2.75, 3.05) is 19.2 Å². The summed E-state index contributed by atoms with van der Waals surface area (Å²) in [5.74, 6) is 0.908. The van der Waals surface area contributed by atoms with Gasteiger partial charge in [0.15, 0.2) is 16.6 Å². The molecular weight excluding hydrogens is 416 g/mol. The van der Waals surface area contributed by atoms with Crippen molar-refractivity contribution in [1.82, 2.24) is 14.8 Å². The molecule has 31 heavy (non-hydrogen) atoms. The first kappa shape index (κ1) is 19.4. The second kappa shape index (κ2) is 7.59. The first-order valence-corrected chi connectivity index (χ1v) is 10.2. The Balaban J connectivity index is 1.32. The number of amides is 2. The predicted octanol–water partition coefficient (Wildman–Crippen LogP) is 2.85. The lowest BCUT2D eigenvalue weighted by molar-refractivity contribution is -0.130. The number of thiocarbonyl (C=S) groups is 1. The van der Waals surface area contributed by atoms with Gasteiger partial charge in [-0.25, -0.2) is 0 Å². The average molecular weight is 436 g/mol. The summed E-state index contributed by atoms with van der Waals surface area (Å²) < 4.78 is 10.8. The van der Waals surface area contributed by atoms with Crippen LogP contribution >= 0.6 is 12.2 Å². The van der Waals surface area contributed by atoms with Gasteiger partial charge in [-0.2, -0.15) is 0 Å². The van der Waals surface area contributed by atoms with Crippen LogP contribution in [0.1, 0.15) is 12.0 Å². The molecule has 2 N–H and O–H groups in total. The van der Waals surface area contributed by atoms with Crippen molar-refractivity contribution >= 4 is 45.7 Å². The molecule has 1 fully saturated rings. The van der Waals surface area contributed by atoms with Gasteiger partial charge in [0, 0.05) is 31.0 Å². The van der Waals surface area contributed by atoms with Crippen LogP contribution in [0.2, 0.25) is 0 Å². The summed E-state index contributed by atoms with van der Waals surface area (Å²) in [5.41, 5.74) is 2.51. The van der Waals surface area contributed by atoms with Crippen LogP contribution in [0.5, 0.6) is 11.5 Å². The molecule has 0 saturated carbocycles. The number of rotatable bonds is 5. The second-order valence-corrected chi connectivity index (χ2v) is 7.91. The van der Waals surface area contributed by atoms with Gasteiger partial charge in [0.1, 0.15) is 6.04 Å². The SMILES string of the molecule is CN1C(=O)C(CC(=O)Nc2ccc3cc[nH]c3c2)N(Cc2ccc3c(c2)OCO3)C1=S. The highest BCUT2D eigenvalue weighted by atomic mass is 32.1. The van der Waals surface area contributed by atoms with Crippen LogP contribution in [0.15, 0.2) is 48.7 Å². The monoisotopic (exact) mass is 436 g/mol. The van der Waals surface area contributed by atoms with Crippen LogP contribution in [-0.2, 0) is 16.1 Å². The number of likely N-dealkylation sites (N-methyl/N-ethyl adjacent to an activating group) is 1. The Morgan fingerprint density at radius 3 is 2.90 bits per heavy atom. The zero-order valence-electron chi connectivity index (χ0n) is 16.8. The van der Waals surface area contributed by atoms with Gasteiger partial charge in [0.05, 0.1) is 6.42 Å². The van der Waals surface area contributed by atoms with Crippen molar-refractivity contribution in [3.05, 3.63) is 54.2 Å². The maximum Gasteiger partial charge on any atom is 0.251 e. The first-order chi connectivity index (χ1) is 15.0. The molecule has 0 bridgehead atoms. The highest BCUT2D eigenvalue weighted by Gasteiger charge is 2.41. The average Bonchev–Trinajstić information content (AvgIpc) is 3.46. The van der Waals surface area contributed by atoms with Crippen molar-refractivity contribution in [2.45, 2.75) is 19.0 Å². The third kappa shape index (κ3) is 3.57. The van der Waals surface area contributed by atoms with E-state index < -0.39 is 6.04 Å². The Bertz CT molecular complexity index is 1210. The number of hydrogen-bond donors (Lipinski definition) is 2. The Labute approximate surface area is 183 Å². The van der Waals surface area contributed by atoms with E-state index in [4.69, 9.17) is 21.7 Å². The molecule has 1 atom stereocenters. The number of ether oxygens (including phenoxy) is 2. The van der Waals surface area contributed by atoms with Crippen molar-refractivity contribution in [3.8, 4) is 11.5 Å². The lowest BCUT2D eigenvalue weighted by Crippen LogP contribution is -2.37. The van der Waals surface area contributed by atoms with E-state index in [1.807, 2.05) is 48.7 Å². The van der Waals surface area contributed by atoms with E-state index >= 15 is 0 Å². The smallest absolute Gasteiger partial charge is 0.251 e. The van der Waals surface area contributed by atoms with Gasteiger partial charge in [0.2, 0.25) is 12.7 Å². The molecule has 1 saturated heterocycles. The van der Waals surface area contributed by atoms with E-state index in [0.29, 0.717) is 28.8 Å². The lowest BCUT2D eigenvalue weighted by Gasteiger charge is -2.23. The summed E-state index contributed by atoms with van der Waals surface area (Å²) in [6, 6.07) is 12.5. The van der Waals surface area contributed by atoms with Crippen LogP contribution in [-0.4, -0.2) is 51.6 Å². The minimum Gasteiger partial charge on any atom is -0.454 e. The number of hydrogen-bond acceptors (Lipinski definition) is 5. The predicted molar refractivity (Wildman–Crippen MR) is 119 cm³/mol. The summed E-state index contributed by atoms with van der Waals surface area (Å²) >= 11 is 5.48. The van der Waals surface area contributed by atoms with E-state index in [1.165, 1.54) is 4.90 Å². The number of benzene rings is 2. The number of carbonyl (C=O) groups excluding carboxylic acids is 2. The van der Waals surface area contributed by atoms with E-state index in [9.17, 15) is 9.59 Å². The molecule has 0 aliphatic carbocycles. The molecule has 158 valence electrons. The van der Waals surface area contributed by atoms with Crippen LogP contribution < -0.4 is 14.8 Å². The molecule has 5 rings (SSSR count). The molecule has 1 aromatic heterocycles. The van der Waals surface area contributed by atoms with Gasteiger partial charge in [-0.05, 0) is 53.5 Å². The van der Waals surface area contributed by atoms with Crippen molar-refractivity contribution in [3.63, 3.8) is 0 Å². The van der Waals surface area contributed by atoms with Gasteiger partial charge in [-0.1, -0.05) is 12.1 Å². The molecule has 2 aliphatic rings. The van der Waals surface area contributed by atoms with Gasteiger partial charge < -0.3 is 24.7 Å². The largest absolute Gasteiger partial charge is 0.454 e. The van der Waals surface area contributed by atoms with Crippen molar-refractivity contribution in [1.29, 1.82) is 0 Å². The Morgan fingerprint density at radius 2 is 2.03 bits per heavy atom. The third-order valence-corrected chi connectivity index (χ3v) is 6.04. The maximum absolute atomic E-state index is 12.8. The number of aromatic nitrogens is 1. The quantitative estimate of drug-likeness (QED) is 0.598. The topological polar surface area (TPSA) is 86.9 Å². The Kier molecular flexibility index (Phi) is 4.74. The van der Waals surface area contributed by atoms with Gasteiger partial charge >= 0.3 is 0 Å². The summed E-state index contributed by atoms with van der Waals surface area (Å²) in [5, 5.41) is 4.34. The minimum atomic E-state index is -0.669. The summed E-state index contributed by atoms with van der Waals surface area (Å²) in [6.45, 7) is 0.580. The highest BCUT2D eigenvalue weighted by molar-refractivity contribution is 7.80. The molecule has 2 amide bonds. The van der Waals surface area contributed by atoms with Crippen LogP contribution in [0.4, 0.5) is 5.69 Å². The van der Waals surface area contributed by atoms with Crippen LogP contribution in [0.3, 0.4) is 0 Å². The fourth-order valence-electron chi connectivity index (χ4n) is 3.90. The van der Waals surface area contributed by atoms with E-state index in [1.54, 1.807) is 11.9 Å². The number of anilines is 1. The van der Waals surface area contributed by atoms with Crippen molar-refractivity contribution < 1.29 is 19.1 Å². The maximum atomic E-state index is 12.8. The van der Waals surface area contributed by atoms with Crippen molar-refractivity contribution in [2.24, 2.45) is 0 Å². The molecule has 2 aliphatic heterocycles. The Hall–Kier alpha value is -3.59. The van der Waals surface area contributed by atoms with E-state index in [-0.39, 0.29) is 25.0 Å². The number of nitrogens with one attached hydrogen (secondary N) is 2. The summed E-state index contributed by atoms with van der Waals surface area (Å²) in [4.78, 5) is 31.9. The lowest BCUT2D eigenvalue weighted by atomic mass is 10.1. The molecule has 1 unspecified atom stereocenters. The summed E-state index contributed by atoms with van der Waals surface area (Å²) in [6.07, 6.45) is 1.84. The first-order valence-electron chi connectivity index (χ1n) is 9.83. The summed E-state index contributed by atoms with van der Waals surface area (Å²) in [7, 11) is 1.63. The number of H-pyrrole nitrogens is 1. The number of fused-ring (bicyclic) bond motifs is 2. The number of carbonyl (C=O) groups is 2. The molecule has 9 heteroatoms. The zero-order valence-corrected chi connectivity index (χ0v) is 17.6. The standard InChI is InChI=1S/C22H20N4O4S/c1-25-21(28)17(10-20(27)24-15-4-3-14-6-7-23-16(14)9-15)26(22(25)31)11-13-2-5-18-19(8-13)30-12-29-18/h2-9,17,23H,10-12H2,1H3,(H,24,27). The third-order valence-electron chi connectivity index (χ3n) is 5.53. The molecule has 3 aromatic rings. The van der Waals surface area contributed by atoms with E-state index in [2.05, 4.69) is 10.3 Å². The van der Waals surface area contributed by atoms with Gasteiger partial charge in [-0.3, -0.25) is 14.5 Å². The molecule has 0 spiro atoms. The molecule has 3 heterocycles. The van der Waals surface area contributed by atoms with Gasteiger partial charge in [0.25, 0.3) is 5.91 Å². The van der Waals surface area contributed by atoms with E-state index in [0.717, 1.165) is 16.5 Å². The molecular formula is C22H20N4O4S. The molecule has 2 aromatic carbocycles. The molecule has 8 nitrogen and oxygen atoms in total. The zero-order chi connectivity index (χ0) is 21.5. The fraction of sp³-hybridized carbons (Fsp3) is 0.227. The van der Waals surface area contributed by atoms with Gasteiger partial charge in [-0.15, -0.1) is 0 Å². The highest BCUT2D eigenvalue weighted by Crippen LogP contribution is 2.33. The minimum absolute atomic E-state index is 0.00334. The Morgan fingerprint density at radius 1 is 1.19 bits per heavy atom. The number of aromatic amines is 1. The normalized spacial score (nSPS) is 17.6. The molecule has 0 radical (unpaired) electrons. The number of nitrogens with zero attached hydrogens (tertiary/aromatic N) is 2.